The van der Waals surface area contributed by atoms with Gasteiger partial charge in [-0.3, -0.25) is 14.4 Å². The SMILES string of the molecule is CCN(C(=O)CCC(=O)O)[C@H]1c2ccccc2N(C(=O)c2ccc(F)c(C(F)(F)F)c2)[C@@H]2CCC[C@@H]21. The molecule has 3 atom stereocenters. The molecule has 1 saturated carbocycles. The number of aliphatic carboxylic acids is 1. The highest BCUT2D eigenvalue weighted by Crippen LogP contribution is 2.50. The van der Waals surface area contributed by atoms with E-state index in [1.807, 2.05) is 0 Å². The van der Waals surface area contributed by atoms with E-state index in [0.29, 0.717) is 42.8 Å². The molecular formula is C26H26F4N2O4. The number of hydrogen-bond acceptors (Lipinski definition) is 3. The quantitative estimate of drug-likeness (QED) is 0.531. The number of benzene rings is 2. The van der Waals surface area contributed by atoms with E-state index in [2.05, 4.69) is 0 Å². The number of rotatable bonds is 6. The topological polar surface area (TPSA) is 77.9 Å². The van der Waals surface area contributed by atoms with Crippen LogP contribution < -0.4 is 4.90 Å². The van der Waals surface area contributed by atoms with Gasteiger partial charge in [0.05, 0.1) is 18.0 Å². The van der Waals surface area contributed by atoms with Crippen molar-refractivity contribution in [2.45, 2.75) is 57.3 Å². The van der Waals surface area contributed by atoms with Gasteiger partial charge in [0, 0.05) is 36.2 Å². The standard InChI is InChI=1S/C26H26F4N2O4/c1-2-31(22(33)12-13-23(34)35)24-16-6-3-4-8-20(16)32(21-9-5-7-17(21)24)25(36)15-10-11-19(27)18(14-15)26(28,29)30/h3-4,6,8,10-11,14,17,21,24H,2,5,7,9,12-13H2,1H3,(H,34,35)/t17-,21+,24-/m0/s1. The molecule has 1 aliphatic carbocycles. The monoisotopic (exact) mass is 506 g/mol. The van der Waals surface area contributed by atoms with Crippen molar-refractivity contribution in [2.24, 2.45) is 5.92 Å². The zero-order valence-electron chi connectivity index (χ0n) is 19.6. The van der Waals surface area contributed by atoms with Gasteiger partial charge in [-0.25, -0.2) is 4.39 Å². The van der Waals surface area contributed by atoms with Gasteiger partial charge in [-0.1, -0.05) is 24.6 Å². The second-order valence-electron chi connectivity index (χ2n) is 9.11. The summed E-state index contributed by atoms with van der Waals surface area (Å²) < 4.78 is 53.8. The first-order valence-electron chi connectivity index (χ1n) is 11.8. The molecular weight excluding hydrogens is 480 g/mol. The first-order valence-corrected chi connectivity index (χ1v) is 11.8. The Morgan fingerprint density at radius 1 is 1.08 bits per heavy atom. The Bertz CT molecular complexity index is 1180. The number of anilines is 1. The largest absolute Gasteiger partial charge is 0.481 e. The van der Waals surface area contributed by atoms with Gasteiger partial charge in [0.2, 0.25) is 5.91 Å². The number of carbonyl (C=O) groups excluding carboxylic acids is 2. The molecule has 0 bridgehead atoms. The Morgan fingerprint density at radius 3 is 2.47 bits per heavy atom. The predicted octanol–water partition coefficient (Wildman–Crippen LogP) is 5.43. The lowest BCUT2D eigenvalue weighted by atomic mass is 9.81. The molecule has 0 unspecified atom stereocenters. The summed E-state index contributed by atoms with van der Waals surface area (Å²) in [6, 6.07) is 8.43. The van der Waals surface area contributed by atoms with Crippen molar-refractivity contribution in [3.63, 3.8) is 0 Å². The van der Waals surface area contributed by atoms with E-state index in [-0.39, 0.29) is 36.3 Å². The van der Waals surface area contributed by atoms with Gasteiger partial charge >= 0.3 is 12.1 Å². The first kappa shape index (κ1) is 25.7. The number of halogens is 4. The summed E-state index contributed by atoms with van der Waals surface area (Å²) in [7, 11) is 0. The van der Waals surface area contributed by atoms with Crippen LogP contribution in [-0.4, -0.2) is 40.4 Å². The van der Waals surface area contributed by atoms with Crippen LogP contribution in [0.15, 0.2) is 42.5 Å². The van der Waals surface area contributed by atoms with Crippen molar-refractivity contribution in [1.29, 1.82) is 0 Å². The van der Waals surface area contributed by atoms with Crippen molar-refractivity contribution in [3.8, 4) is 0 Å². The van der Waals surface area contributed by atoms with Gasteiger partial charge in [0.25, 0.3) is 5.91 Å². The molecule has 36 heavy (non-hydrogen) atoms. The predicted molar refractivity (Wildman–Crippen MR) is 123 cm³/mol. The fourth-order valence-electron chi connectivity index (χ4n) is 5.58. The molecule has 2 aromatic carbocycles. The molecule has 1 N–H and O–H groups in total. The van der Waals surface area contributed by atoms with Crippen LogP contribution in [-0.2, 0) is 15.8 Å². The summed E-state index contributed by atoms with van der Waals surface area (Å²) in [5.41, 5.74) is -0.608. The van der Waals surface area contributed by atoms with Crippen LogP contribution in [0.2, 0.25) is 0 Å². The molecule has 192 valence electrons. The number of nitrogens with zero attached hydrogens (tertiary/aromatic N) is 2. The van der Waals surface area contributed by atoms with Crippen LogP contribution >= 0.6 is 0 Å². The van der Waals surface area contributed by atoms with Crippen LogP contribution in [0.5, 0.6) is 0 Å². The minimum atomic E-state index is -4.95. The summed E-state index contributed by atoms with van der Waals surface area (Å²) >= 11 is 0. The van der Waals surface area contributed by atoms with Crippen LogP contribution in [0.1, 0.15) is 66.6 Å². The van der Waals surface area contributed by atoms with Crippen LogP contribution in [0, 0.1) is 11.7 Å². The second-order valence-corrected chi connectivity index (χ2v) is 9.11. The Balaban J connectivity index is 1.77. The maximum atomic E-state index is 13.9. The zero-order valence-corrected chi connectivity index (χ0v) is 19.6. The molecule has 0 radical (unpaired) electrons. The highest BCUT2D eigenvalue weighted by Gasteiger charge is 2.48. The third-order valence-corrected chi connectivity index (χ3v) is 7.07. The van der Waals surface area contributed by atoms with Gasteiger partial charge in [-0.2, -0.15) is 13.2 Å². The fraction of sp³-hybridized carbons (Fsp3) is 0.423. The molecule has 2 amide bonds. The number of carboxylic acids is 1. The summed E-state index contributed by atoms with van der Waals surface area (Å²) in [6.07, 6.45) is -3.37. The number of fused-ring (bicyclic) bond motifs is 2. The third kappa shape index (κ3) is 4.68. The number of alkyl halides is 3. The Kier molecular flexibility index (Phi) is 7.06. The summed E-state index contributed by atoms with van der Waals surface area (Å²) in [5.74, 6) is -3.67. The van der Waals surface area contributed by atoms with E-state index in [4.69, 9.17) is 5.11 Å². The van der Waals surface area contributed by atoms with E-state index in [1.54, 1.807) is 36.1 Å². The molecule has 2 aromatic rings. The van der Waals surface area contributed by atoms with E-state index in [9.17, 15) is 31.9 Å². The van der Waals surface area contributed by atoms with E-state index in [0.717, 1.165) is 12.5 Å². The van der Waals surface area contributed by atoms with E-state index < -0.39 is 35.5 Å². The van der Waals surface area contributed by atoms with Crippen molar-refractivity contribution in [1.82, 2.24) is 4.90 Å². The van der Waals surface area contributed by atoms with E-state index in [1.165, 1.54) is 4.90 Å². The summed E-state index contributed by atoms with van der Waals surface area (Å²) in [5, 5.41) is 9.02. The molecule has 2 aliphatic rings. The average molecular weight is 506 g/mol. The van der Waals surface area contributed by atoms with Gasteiger partial charge in [-0.05, 0) is 49.6 Å². The lowest BCUT2D eigenvalue weighted by Crippen LogP contribution is -2.52. The van der Waals surface area contributed by atoms with Crippen LogP contribution in [0.4, 0.5) is 23.2 Å². The van der Waals surface area contributed by atoms with E-state index >= 15 is 0 Å². The Labute approximate surface area is 205 Å². The lowest BCUT2D eigenvalue weighted by molar-refractivity contribution is -0.142. The van der Waals surface area contributed by atoms with Gasteiger partial charge in [-0.15, -0.1) is 0 Å². The average Bonchev–Trinajstić information content (AvgIpc) is 3.31. The molecule has 1 fully saturated rings. The van der Waals surface area contributed by atoms with Crippen molar-refractivity contribution >= 4 is 23.5 Å². The number of carboxylic acid groups (broad SMARTS) is 1. The Hall–Kier alpha value is -3.43. The van der Waals surface area contributed by atoms with Crippen molar-refractivity contribution in [3.05, 3.63) is 65.0 Å². The number of hydrogen-bond donors (Lipinski definition) is 1. The second kappa shape index (κ2) is 9.91. The highest BCUT2D eigenvalue weighted by atomic mass is 19.4. The number of amides is 2. The number of para-hydroxylation sites is 1. The van der Waals surface area contributed by atoms with Gasteiger partial charge in [0.15, 0.2) is 0 Å². The minimum absolute atomic E-state index is 0.155. The first-order chi connectivity index (χ1) is 17.0. The molecule has 0 aromatic heterocycles. The lowest BCUT2D eigenvalue weighted by Gasteiger charge is -2.47. The van der Waals surface area contributed by atoms with Crippen LogP contribution in [0.25, 0.3) is 0 Å². The highest BCUT2D eigenvalue weighted by molar-refractivity contribution is 6.07. The molecule has 0 spiro atoms. The number of carbonyl (C=O) groups is 3. The molecule has 1 heterocycles. The third-order valence-electron chi connectivity index (χ3n) is 7.07. The van der Waals surface area contributed by atoms with Crippen molar-refractivity contribution < 1.29 is 37.1 Å². The normalized spacial score (nSPS) is 21.0. The molecule has 0 saturated heterocycles. The van der Waals surface area contributed by atoms with Crippen molar-refractivity contribution in [2.75, 3.05) is 11.4 Å². The zero-order chi connectivity index (χ0) is 26.2. The molecule has 6 nitrogen and oxygen atoms in total. The summed E-state index contributed by atoms with van der Waals surface area (Å²) in [4.78, 5) is 40.8. The maximum Gasteiger partial charge on any atom is 0.419 e. The molecule has 10 heteroatoms. The smallest absolute Gasteiger partial charge is 0.419 e. The fourth-order valence-corrected chi connectivity index (χ4v) is 5.58. The van der Waals surface area contributed by atoms with Gasteiger partial charge in [0.1, 0.15) is 5.82 Å². The Morgan fingerprint density at radius 2 is 1.81 bits per heavy atom. The molecule has 1 aliphatic heterocycles. The maximum absolute atomic E-state index is 13.9. The minimum Gasteiger partial charge on any atom is -0.481 e. The molecule has 4 rings (SSSR count). The van der Waals surface area contributed by atoms with Gasteiger partial charge < -0.3 is 14.9 Å². The van der Waals surface area contributed by atoms with Crippen LogP contribution in [0.3, 0.4) is 0 Å². The summed E-state index contributed by atoms with van der Waals surface area (Å²) in [6.45, 7) is 2.14.